The first-order chi connectivity index (χ1) is 9.81. The number of benzene rings is 1. The molecule has 3 N–H and O–H groups in total. The number of nitrogens with one attached hydrogen (secondary N) is 2. The maximum Gasteiger partial charge on any atom is 0.336 e. The maximum absolute atomic E-state index is 12.1. The van der Waals surface area contributed by atoms with E-state index in [1.54, 1.807) is 19.1 Å². The van der Waals surface area contributed by atoms with Crippen molar-refractivity contribution in [3.05, 3.63) is 29.3 Å². The van der Waals surface area contributed by atoms with E-state index in [4.69, 9.17) is 5.11 Å². The highest BCUT2D eigenvalue weighted by Gasteiger charge is 2.35. The Hall–Kier alpha value is -2.04. The van der Waals surface area contributed by atoms with Crippen LogP contribution in [0.5, 0.6) is 0 Å². The van der Waals surface area contributed by atoms with E-state index in [9.17, 15) is 9.59 Å². The highest BCUT2D eigenvalue weighted by molar-refractivity contribution is 5.95. The zero-order valence-corrected chi connectivity index (χ0v) is 12.7. The second-order valence-corrected chi connectivity index (χ2v) is 6.32. The number of aromatic carboxylic acids is 1. The van der Waals surface area contributed by atoms with Gasteiger partial charge in [0.2, 0.25) is 0 Å². The van der Waals surface area contributed by atoms with Gasteiger partial charge in [0, 0.05) is 11.7 Å². The molecule has 2 rings (SSSR count). The molecule has 1 fully saturated rings. The van der Waals surface area contributed by atoms with Crippen LogP contribution in [-0.4, -0.2) is 23.1 Å². The quantitative estimate of drug-likeness (QED) is 0.798. The summed E-state index contributed by atoms with van der Waals surface area (Å²) in [5.41, 5.74) is 1.40. The van der Waals surface area contributed by atoms with Gasteiger partial charge >= 0.3 is 12.0 Å². The van der Waals surface area contributed by atoms with E-state index in [1.165, 1.54) is 6.07 Å². The van der Waals surface area contributed by atoms with Gasteiger partial charge in [0.25, 0.3) is 0 Å². The minimum Gasteiger partial charge on any atom is -0.478 e. The molecule has 1 aliphatic rings. The van der Waals surface area contributed by atoms with E-state index in [-0.39, 0.29) is 23.1 Å². The number of rotatable bonds is 3. The van der Waals surface area contributed by atoms with E-state index < -0.39 is 5.97 Å². The molecule has 0 bridgehead atoms. The van der Waals surface area contributed by atoms with Gasteiger partial charge in [0.1, 0.15) is 0 Å². The normalized spacial score (nSPS) is 20.0. The number of carboxylic acids is 1. The van der Waals surface area contributed by atoms with Crippen LogP contribution in [0.15, 0.2) is 18.2 Å². The van der Waals surface area contributed by atoms with Gasteiger partial charge in [-0.3, -0.25) is 0 Å². The SMILES string of the molecule is Cc1c(NC(=O)NC2CCCC2(C)C)cccc1C(=O)O. The van der Waals surface area contributed by atoms with Crippen LogP contribution in [0.2, 0.25) is 0 Å². The minimum absolute atomic E-state index is 0.106. The molecule has 0 aromatic heterocycles. The number of anilines is 1. The van der Waals surface area contributed by atoms with Gasteiger partial charge in [0.15, 0.2) is 0 Å². The Kier molecular flexibility index (Phi) is 4.21. The lowest BCUT2D eigenvalue weighted by molar-refractivity contribution is 0.0696. The van der Waals surface area contributed by atoms with E-state index in [1.807, 2.05) is 0 Å². The third-order valence-corrected chi connectivity index (χ3v) is 4.37. The fourth-order valence-electron chi connectivity index (χ4n) is 2.91. The van der Waals surface area contributed by atoms with Gasteiger partial charge in [-0.1, -0.05) is 26.3 Å². The van der Waals surface area contributed by atoms with Crippen LogP contribution < -0.4 is 10.6 Å². The molecule has 0 radical (unpaired) electrons. The molecule has 114 valence electrons. The molecule has 0 heterocycles. The van der Waals surface area contributed by atoms with Crippen LogP contribution in [0.3, 0.4) is 0 Å². The number of carboxylic acid groups (broad SMARTS) is 1. The molecule has 5 nitrogen and oxygen atoms in total. The van der Waals surface area contributed by atoms with Gasteiger partial charge in [-0.15, -0.1) is 0 Å². The van der Waals surface area contributed by atoms with E-state index in [0.29, 0.717) is 11.3 Å². The van der Waals surface area contributed by atoms with E-state index >= 15 is 0 Å². The molecule has 5 heteroatoms. The van der Waals surface area contributed by atoms with Gasteiger partial charge < -0.3 is 15.7 Å². The Bertz CT molecular complexity index is 567. The highest BCUT2D eigenvalue weighted by atomic mass is 16.4. The summed E-state index contributed by atoms with van der Waals surface area (Å²) in [4.78, 5) is 23.2. The standard InChI is InChI=1S/C16H22N2O3/c1-10-11(14(19)20)6-4-7-12(10)17-15(21)18-13-8-5-9-16(13,2)3/h4,6-7,13H,5,8-9H2,1-3H3,(H,19,20)(H2,17,18,21). The summed E-state index contributed by atoms with van der Waals surface area (Å²) in [5.74, 6) is -0.992. The van der Waals surface area contributed by atoms with Crippen molar-refractivity contribution in [2.45, 2.75) is 46.1 Å². The third-order valence-electron chi connectivity index (χ3n) is 4.37. The summed E-state index contributed by atoms with van der Waals surface area (Å²) >= 11 is 0. The van der Waals surface area contributed by atoms with Crippen LogP contribution in [0, 0.1) is 12.3 Å². The van der Waals surface area contributed by atoms with Crippen molar-refractivity contribution < 1.29 is 14.7 Å². The van der Waals surface area contributed by atoms with Crippen molar-refractivity contribution in [1.82, 2.24) is 5.32 Å². The summed E-state index contributed by atoms with van der Waals surface area (Å²) in [6.45, 7) is 6.00. The summed E-state index contributed by atoms with van der Waals surface area (Å²) in [7, 11) is 0. The van der Waals surface area contributed by atoms with Gasteiger partial charge in [-0.25, -0.2) is 9.59 Å². The molecule has 1 aromatic carbocycles. The monoisotopic (exact) mass is 290 g/mol. The number of hydrogen-bond donors (Lipinski definition) is 3. The molecular formula is C16H22N2O3. The molecule has 1 atom stereocenters. The van der Waals surface area contributed by atoms with Gasteiger partial charge in [0.05, 0.1) is 5.56 Å². The highest BCUT2D eigenvalue weighted by Crippen LogP contribution is 2.37. The number of carbonyl (C=O) groups is 2. The Labute approximate surface area is 124 Å². The summed E-state index contributed by atoms with van der Waals surface area (Å²) in [6, 6.07) is 4.74. The van der Waals surface area contributed by atoms with Crippen LogP contribution in [0.25, 0.3) is 0 Å². The lowest BCUT2D eigenvalue weighted by Gasteiger charge is -2.28. The van der Waals surface area contributed by atoms with Crippen molar-refractivity contribution in [2.75, 3.05) is 5.32 Å². The van der Waals surface area contributed by atoms with Crippen molar-refractivity contribution in [3.63, 3.8) is 0 Å². The Morgan fingerprint density at radius 2 is 2.05 bits per heavy atom. The number of carbonyl (C=O) groups excluding carboxylic acids is 1. The Balaban J connectivity index is 2.07. The van der Waals surface area contributed by atoms with Gasteiger partial charge in [-0.05, 0) is 42.9 Å². The first-order valence-electron chi connectivity index (χ1n) is 7.22. The molecule has 2 amide bonds. The average molecular weight is 290 g/mol. The first-order valence-corrected chi connectivity index (χ1v) is 7.22. The summed E-state index contributed by atoms with van der Waals surface area (Å²) < 4.78 is 0. The number of hydrogen-bond acceptors (Lipinski definition) is 2. The third kappa shape index (κ3) is 3.35. The number of urea groups is 1. The second-order valence-electron chi connectivity index (χ2n) is 6.32. The summed E-state index contributed by atoms with van der Waals surface area (Å²) in [6.07, 6.45) is 3.20. The molecule has 1 saturated carbocycles. The van der Waals surface area contributed by atoms with Crippen molar-refractivity contribution in [2.24, 2.45) is 5.41 Å². The fraction of sp³-hybridized carbons (Fsp3) is 0.500. The summed E-state index contributed by atoms with van der Waals surface area (Å²) in [5, 5.41) is 14.8. The lowest BCUT2D eigenvalue weighted by Crippen LogP contribution is -2.43. The largest absolute Gasteiger partial charge is 0.478 e. The predicted molar refractivity (Wildman–Crippen MR) is 81.7 cm³/mol. The van der Waals surface area contributed by atoms with Crippen molar-refractivity contribution in [3.8, 4) is 0 Å². The zero-order chi connectivity index (χ0) is 15.6. The molecule has 0 saturated heterocycles. The van der Waals surface area contributed by atoms with Crippen molar-refractivity contribution in [1.29, 1.82) is 0 Å². The maximum atomic E-state index is 12.1. The van der Waals surface area contributed by atoms with Crippen LogP contribution in [0.1, 0.15) is 49.0 Å². The predicted octanol–water partition coefficient (Wildman–Crippen LogP) is 3.39. The molecule has 1 aliphatic carbocycles. The molecule has 1 unspecified atom stereocenters. The van der Waals surface area contributed by atoms with Crippen LogP contribution in [0.4, 0.5) is 10.5 Å². The van der Waals surface area contributed by atoms with Crippen molar-refractivity contribution >= 4 is 17.7 Å². The van der Waals surface area contributed by atoms with E-state index in [2.05, 4.69) is 24.5 Å². The topological polar surface area (TPSA) is 78.4 Å². The molecule has 0 aliphatic heterocycles. The first kappa shape index (κ1) is 15.4. The zero-order valence-electron chi connectivity index (χ0n) is 12.7. The Morgan fingerprint density at radius 3 is 2.62 bits per heavy atom. The number of amides is 2. The molecular weight excluding hydrogens is 268 g/mol. The minimum atomic E-state index is -0.992. The van der Waals surface area contributed by atoms with Crippen LogP contribution in [-0.2, 0) is 0 Å². The molecule has 21 heavy (non-hydrogen) atoms. The molecule has 1 aromatic rings. The van der Waals surface area contributed by atoms with E-state index in [0.717, 1.165) is 19.3 Å². The second kappa shape index (κ2) is 5.76. The van der Waals surface area contributed by atoms with Gasteiger partial charge in [-0.2, -0.15) is 0 Å². The smallest absolute Gasteiger partial charge is 0.336 e. The molecule has 0 spiro atoms. The Morgan fingerprint density at radius 1 is 1.33 bits per heavy atom. The average Bonchev–Trinajstić information content (AvgIpc) is 2.71. The lowest BCUT2D eigenvalue weighted by atomic mass is 9.87. The van der Waals surface area contributed by atoms with Crippen LogP contribution >= 0.6 is 0 Å². The fourth-order valence-corrected chi connectivity index (χ4v) is 2.91.